The number of carbonyl (C=O) groups excluding carboxylic acids is 1. The van der Waals surface area contributed by atoms with Gasteiger partial charge in [-0.3, -0.25) is 4.79 Å². The minimum absolute atomic E-state index is 0.0839. The Morgan fingerprint density at radius 3 is 2.32 bits per heavy atom. The average Bonchev–Trinajstić information content (AvgIpc) is 2.61. The summed E-state index contributed by atoms with van der Waals surface area (Å²) in [5.74, 6) is 0.492. The van der Waals surface area contributed by atoms with E-state index < -0.39 is 0 Å². The quantitative estimate of drug-likeness (QED) is 0.926. The molecule has 6 nitrogen and oxygen atoms in total. The Morgan fingerprint density at radius 1 is 1.04 bits per heavy atom. The van der Waals surface area contributed by atoms with Crippen LogP contribution in [0, 0.1) is 6.92 Å². The monoisotopic (exact) mass is 339 g/mol. The summed E-state index contributed by atoms with van der Waals surface area (Å²) in [6, 6.07) is 12.2. The number of amides is 1. The smallest absolute Gasteiger partial charge is 0.270 e. The van der Waals surface area contributed by atoms with Crippen LogP contribution in [0.2, 0.25) is 0 Å². The van der Waals surface area contributed by atoms with Gasteiger partial charge in [0, 0.05) is 43.6 Å². The Kier molecular flexibility index (Phi) is 5.16. The molecule has 0 bridgehead atoms. The molecule has 0 saturated carbocycles. The summed E-state index contributed by atoms with van der Waals surface area (Å²) in [5.41, 5.74) is 2.48. The molecule has 0 spiro atoms. The minimum atomic E-state index is -0.148. The van der Waals surface area contributed by atoms with Gasteiger partial charge in [0.2, 0.25) is 5.95 Å². The summed E-state index contributed by atoms with van der Waals surface area (Å²) in [6.07, 6.45) is 0. The molecule has 1 N–H and O–H groups in total. The molecule has 1 saturated heterocycles. The van der Waals surface area contributed by atoms with Crippen LogP contribution in [0.5, 0.6) is 0 Å². The standard InChI is InChI=1S/C19H25N5O/c1-14(2)20-18(25)17-13-15(3)21-19(22-17)24-11-9-23(10-12-24)16-7-5-4-6-8-16/h4-8,13-14H,9-12H2,1-3H3,(H,20,25). The summed E-state index contributed by atoms with van der Waals surface area (Å²) in [7, 11) is 0. The molecule has 1 aromatic carbocycles. The lowest BCUT2D eigenvalue weighted by Crippen LogP contribution is -2.47. The SMILES string of the molecule is Cc1cc(C(=O)NC(C)C)nc(N2CCN(c3ccccc3)CC2)n1. The van der Waals surface area contributed by atoms with Gasteiger partial charge < -0.3 is 15.1 Å². The van der Waals surface area contributed by atoms with Crippen LogP contribution in [0.4, 0.5) is 11.6 Å². The molecule has 6 heteroatoms. The van der Waals surface area contributed by atoms with E-state index in [1.807, 2.05) is 26.8 Å². The highest BCUT2D eigenvalue weighted by atomic mass is 16.1. The van der Waals surface area contributed by atoms with Gasteiger partial charge >= 0.3 is 0 Å². The fraction of sp³-hybridized carbons (Fsp3) is 0.421. The van der Waals surface area contributed by atoms with Gasteiger partial charge in [0.15, 0.2) is 0 Å². The zero-order chi connectivity index (χ0) is 17.8. The van der Waals surface area contributed by atoms with Gasteiger partial charge in [0.25, 0.3) is 5.91 Å². The topological polar surface area (TPSA) is 61.4 Å². The summed E-state index contributed by atoms with van der Waals surface area (Å²) < 4.78 is 0. The molecule has 1 fully saturated rings. The lowest BCUT2D eigenvalue weighted by molar-refractivity contribution is 0.0938. The van der Waals surface area contributed by atoms with Crippen molar-refractivity contribution in [3.63, 3.8) is 0 Å². The van der Waals surface area contributed by atoms with Crippen LogP contribution in [0.1, 0.15) is 30.0 Å². The van der Waals surface area contributed by atoms with Gasteiger partial charge in [-0.25, -0.2) is 9.97 Å². The second kappa shape index (κ2) is 7.51. The van der Waals surface area contributed by atoms with E-state index in [1.54, 1.807) is 6.07 Å². The van der Waals surface area contributed by atoms with Crippen LogP contribution >= 0.6 is 0 Å². The Morgan fingerprint density at radius 2 is 1.68 bits per heavy atom. The van der Waals surface area contributed by atoms with Crippen LogP contribution < -0.4 is 15.1 Å². The first-order chi connectivity index (χ1) is 12.0. The predicted molar refractivity (Wildman–Crippen MR) is 100 cm³/mol. The van der Waals surface area contributed by atoms with E-state index in [9.17, 15) is 4.79 Å². The molecule has 2 heterocycles. The van der Waals surface area contributed by atoms with Crippen LogP contribution in [0.3, 0.4) is 0 Å². The van der Waals surface area contributed by atoms with Gasteiger partial charge in [-0.05, 0) is 39.0 Å². The third kappa shape index (κ3) is 4.26. The second-order valence-electron chi connectivity index (χ2n) is 6.63. The van der Waals surface area contributed by atoms with Crippen molar-refractivity contribution >= 4 is 17.5 Å². The molecule has 1 aromatic heterocycles. The van der Waals surface area contributed by atoms with Crippen molar-refractivity contribution in [1.82, 2.24) is 15.3 Å². The zero-order valence-corrected chi connectivity index (χ0v) is 15.1. The van der Waals surface area contributed by atoms with Crippen molar-refractivity contribution in [1.29, 1.82) is 0 Å². The van der Waals surface area contributed by atoms with E-state index in [0.717, 1.165) is 31.9 Å². The molecule has 0 radical (unpaired) electrons. The van der Waals surface area contributed by atoms with Gasteiger partial charge in [0.1, 0.15) is 5.69 Å². The third-order valence-electron chi connectivity index (χ3n) is 4.18. The number of para-hydroxylation sites is 1. The number of carbonyl (C=O) groups is 1. The van der Waals surface area contributed by atoms with Crippen molar-refractivity contribution in [2.75, 3.05) is 36.0 Å². The Bertz CT molecular complexity index is 724. The van der Waals surface area contributed by atoms with Crippen molar-refractivity contribution in [2.45, 2.75) is 26.8 Å². The van der Waals surface area contributed by atoms with Gasteiger partial charge in [-0.2, -0.15) is 0 Å². The Labute approximate surface area is 148 Å². The molecule has 3 rings (SSSR count). The van der Waals surface area contributed by atoms with Crippen molar-refractivity contribution < 1.29 is 4.79 Å². The van der Waals surface area contributed by atoms with Crippen LogP contribution in [-0.4, -0.2) is 48.1 Å². The minimum Gasteiger partial charge on any atom is -0.368 e. The maximum Gasteiger partial charge on any atom is 0.270 e. The van der Waals surface area contributed by atoms with Crippen molar-refractivity contribution in [2.24, 2.45) is 0 Å². The van der Waals surface area contributed by atoms with E-state index in [-0.39, 0.29) is 11.9 Å². The number of aromatic nitrogens is 2. The highest BCUT2D eigenvalue weighted by molar-refractivity contribution is 5.92. The van der Waals surface area contributed by atoms with E-state index in [1.165, 1.54) is 5.69 Å². The fourth-order valence-corrected chi connectivity index (χ4v) is 2.95. The number of aryl methyl sites for hydroxylation is 1. The van der Waals surface area contributed by atoms with E-state index >= 15 is 0 Å². The van der Waals surface area contributed by atoms with Crippen LogP contribution in [0.15, 0.2) is 36.4 Å². The first-order valence-corrected chi connectivity index (χ1v) is 8.74. The molecule has 132 valence electrons. The number of nitrogens with zero attached hydrogens (tertiary/aromatic N) is 4. The number of anilines is 2. The molecule has 1 aliphatic heterocycles. The summed E-state index contributed by atoms with van der Waals surface area (Å²) in [5, 5.41) is 2.89. The lowest BCUT2D eigenvalue weighted by atomic mass is 10.2. The predicted octanol–water partition coefficient (Wildman–Crippen LogP) is 2.25. The largest absolute Gasteiger partial charge is 0.368 e. The molecule has 0 atom stereocenters. The summed E-state index contributed by atoms with van der Waals surface area (Å²) >= 11 is 0. The number of nitrogens with one attached hydrogen (secondary N) is 1. The van der Waals surface area contributed by atoms with E-state index in [0.29, 0.717) is 11.6 Å². The van der Waals surface area contributed by atoms with Gasteiger partial charge in [-0.15, -0.1) is 0 Å². The number of hydrogen-bond acceptors (Lipinski definition) is 5. The molecular formula is C19H25N5O. The van der Waals surface area contributed by atoms with E-state index in [4.69, 9.17) is 0 Å². The first kappa shape index (κ1) is 17.2. The fourth-order valence-electron chi connectivity index (χ4n) is 2.95. The Balaban J connectivity index is 1.71. The van der Waals surface area contributed by atoms with Crippen molar-refractivity contribution in [3.8, 4) is 0 Å². The molecule has 2 aromatic rings. The molecule has 25 heavy (non-hydrogen) atoms. The van der Waals surface area contributed by atoms with Crippen molar-refractivity contribution in [3.05, 3.63) is 47.8 Å². The number of rotatable bonds is 4. The third-order valence-corrected chi connectivity index (χ3v) is 4.18. The highest BCUT2D eigenvalue weighted by Gasteiger charge is 2.21. The highest BCUT2D eigenvalue weighted by Crippen LogP contribution is 2.18. The van der Waals surface area contributed by atoms with Gasteiger partial charge in [-0.1, -0.05) is 18.2 Å². The van der Waals surface area contributed by atoms with Crippen LogP contribution in [-0.2, 0) is 0 Å². The molecular weight excluding hydrogens is 314 g/mol. The molecule has 0 aliphatic carbocycles. The Hall–Kier alpha value is -2.63. The number of piperazine rings is 1. The van der Waals surface area contributed by atoms with E-state index in [2.05, 4.69) is 49.4 Å². The number of benzene rings is 1. The maximum absolute atomic E-state index is 12.3. The zero-order valence-electron chi connectivity index (χ0n) is 15.1. The summed E-state index contributed by atoms with van der Waals surface area (Å²) in [4.78, 5) is 25.8. The maximum atomic E-state index is 12.3. The summed E-state index contributed by atoms with van der Waals surface area (Å²) in [6.45, 7) is 9.28. The second-order valence-corrected chi connectivity index (χ2v) is 6.63. The average molecular weight is 339 g/mol. The molecule has 0 unspecified atom stereocenters. The van der Waals surface area contributed by atoms with Crippen LogP contribution in [0.25, 0.3) is 0 Å². The molecule has 1 aliphatic rings. The lowest BCUT2D eigenvalue weighted by Gasteiger charge is -2.36. The molecule has 1 amide bonds. The first-order valence-electron chi connectivity index (χ1n) is 8.74. The van der Waals surface area contributed by atoms with Gasteiger partial charge in [0.05, 0.1) is 0 Å². The number of hydrogen-bond donors (Lipinski definition) is 1. The normalized spacial score (nSPS) is 14.7.